The highest BCUT2D eigenvalue weighted by Gasteiger charge is 2.02. The smallest absolute Gasteiger partial charge is 0.0382 e. The quantitative estimate of drug-likeness (QED) is 0.850. The summed E-state index contributed by atoms with van der Waals surface area (Å²) >= 11 is 0. The molecule has 1 aromatic carbocycles. The van der Waals surface area contributed by atoms with Gasteiger partial charge in [0.15, 0.2) is 0 Å². The molecule has 17 heavy (non-hydrogen) atoms. The van der Waals surface area contributed by atoms with Crippen molar-refractivity contribution in [1.82, 2.24) is 4.98 Å². The van der Waals surface area contributed by atoms with Crippen molar-refractivity contribution in [1.29, 1.82) is 0 Å². The molecule has 2 rings (SSSR count). The standard InChI is InChI=1S/C15H16N2/c1-10-7-15(8-11(2)17-10)14-6-4-5-13(9-14)12(3)16/h4-9H,3,16H2,1-2H3. The second kappa shape index (κ2) is 4.42. The zero-order chi connectivity index (χ0) is 12.4. The van der Waals surface area contributed by atoms with E-state index in [1.165, 1.54) is 0 Å². The summed E-state index contributed by atoms with van der Waals surface area (Å²) in [6, 6.07) is 12.2. The second-order valence-corrected chi connectivity index (χ2v) is 4.24. The van der Waals surface area contributed by atoms with Crippen molar-refractivity contribution >= 4 is 5.70 Å². The van der Waals surface area contributed by atoms with E-state index in [9.17, 15) is 0 Å². The average molecular weight is 224 g/mol. The molecule has 0 aliphatic carbocycles. The molecule has 0 fully saturated rings. The van der Waals surface area contributed by atoms with Crippen molar-refractivity contribution in [3.8, 4) is 11.1 Å². The van der Waals surface area contributed by atoms with E-state index >= 15 is 0 Å². The first-order valence-corrected chi connectivity index (χ1v) is 5.57. The van der Waals surface area contributed by atoms with Gasteiger partial charge in [-0.05, 0) is 48.7 Å². The van der Waals surface area contributed by atoms with Crippen molar-refractivity contribution < 1.29 is 0 Å². The number of benzene rings is 1. The maximum atomic E-state index is 5.71. The molecule has 2 nitrogen and oxygen atoms in total. The van der Waals surface area contributed by atoms with Crippen LogP contribution in [-0.2, 0) is 0 Å². The van der Waals surface area contributed by atoms with Gasteiger partial charge in [0.1, 0.15) is 0 Å². The van der Waals surface area contributed by atoms with Crippen LogP contribution in [0.5, 0.6) is 0 Å². The maximum absolute atomic E-state index is 5.71. The summed E-state index contributed by atoms with van der Waals surface area (Å²) in [7, 11) is 0. The van der Waals surface area contributed by atoms with Crippen LogP contribution in [0.3, 0.4) is 0 Å². The minimum atomic E-state index is 0.592. The molecule has 1 aromatic heterocycles. The van der Waals surface area contributed by atoms with Gasteiger partial charge in [-0.2, -0.15) is 0 Å². The molecule has 1 heterocycles. The van der Waals surface area contributed by atoms with Gasteiger partial charge in [0.05, 0.1) is 0 Å². The number of aryl methyl sites for hydroxylation is 2. The first kappa shape index (κ1) is 11.4. The number of aromatic nitrogens is 1. The van der Waals surface area contributed by atoms with Crippen LogP contribution in [-0.4, -0.2) is 4.98 Å². The predicted octanol–water partition coefficient (Wildman–Crippen LogP) is 3.29. The molecule has 86 valence electrons. The second-order valence-electron chi connectivity index (χ2n) is 4.24. The Morgan fingerprint density at radius 3 is 2.29 bits per heavy atom. The molecule has 0 unspecified atom stereocenters. The summed E-state index contributed by atoms with van der Waals surface area (Å²) in [6.45, 7) is 7.77. The Balaban J connectivity index is 2.52. The molecular weight excluding hydrogens is 208 g/mol. The van der Waals surface area contributed by atoms with Gasteiger partial charge in [-0.1, -0.05) is 24.8 Å². The van der Waals surface area contributed by atoms with Crippen LogP contribution in [0, 0.1) is 13.8 Å². The highest BCUT2D eigenvalue weighted by Crippen LogP contribution is 2.23. The Morgan fingerprint density at radius 1 is 1.06 bits per heavy atom. The fourth-order valence-electron chi connectivity index (χ4n) is 1.90. The Labute approximate surface area is 102 Å². The van der Waals surface area contributed by atoms with Crippen molar-refractivity contribution in [3.05, 3.63) is 59.9 Å². The molecule has 0 radical (unpaired) electrons. The zero-order valence-corrected chi connectivity index (χ0v) is 10.2. The van der Waals surface area contributed by atoms with Crippen molar-refractivity contribution in [2.24, 2.45) is 5.73 Å². The van der Waals surface area contributed by atoms with Crippen LogP contribution in [0.15, 0.2) is 43.0 Å². The first-order chi connectivity index (χ1) is 8.06. The number of hydrogen-bond donors (Lipinski definition) is 1. The van der Waals surface area contributed by atoms with Crippen molar-refractivity contribution in [2.75, 3.05) is 0 Å². The maximum Gasteiger partial charge on any atom is 0.0382 e. The molecular formula is C15H16N2. The van der Waals surface area contributed by atoms with Crippen molar-refractivity contribution in [3.63, 3.8) is 0 Å². The molecule has 0 aliphatic heterocycles. The Kier molecular flexibility index (Phi) is 2.96. The summed E-state index contributed by atoms with van der Waals surface area (Å²) < 4.78 is 0. The summed E-state index contributed by atoms with van der Waals surface area (Å²) in [6.07, 6.45) is 0. The summed E-state index contributed by atoms with van der Waals surface area (Å²) in [4.78, 5) is 4.38. The fraction of sp³-hybridized carbons (Fsp3) is 0.133. The lowest BCUT2D eigenvalue weighted by Crippen LogP contribution is -1.94. The van der Waals surface area contributed by atoms with Crippen LogP contribution < -0.4 is 5.73 Å². The molecule has 0 saturated heterocycles. The first-order valence-electron chi connectivity index (χ1n) is 5.57. The van der Waals surface area contributed by atoms with E-state index in [2.05, 4.69) is 35.8 Å². The van der Waals surface area contributed by atoms with Gasteiger partial charge in [-0.15, -0.1) is 0 Å². The molecule has 0 spiro atoms. The molecule has 2 heteroatoms. The van der Waals surface area contributed by atoms with Gasteiger partial charge in [0, 0.05) is 17.1 Å². The average Bonchev–Trinajstić information content (AvgIpc) is 2.28. The van der Waals surface area contributed by atoms with Crippen LogP contribution in [0.2, 0.25) is 0 Å². The van der Waals surface area contributed by atoms with Crippen molar-refractivity contribution in [2.45, 2.75) is 13.8 Å². The van der Waals surface area contributed by atoms with Gasteiger partial charge >= 0.3 is 0 Å². The minimum Gasteiger partial charge on any atom is -0.399 e. The predicted molar refractivity (Wildman–Crippen MR) is 72.4 cm³/mol. The number of nitrogens with two attached hydrogens (primary N) is 1. The van der Waals surface area contributed by atoms with Gasteiger partial charge < -0.3 is 5.73 Å². The molecule has 0 bridgehead atoms. The third-order valence-electron chi connectivity index (χ3n) is 2.65. The molecule has 2 N–H and O–H groups in total. The van der Waals surface area contributed by atoms with Gasteiger partial charge in [-0.3, -0.25) is 4.98 Å². The van der Waals surface area contributed by atoms with E-state index in [-0.39, 0.29) is 0 Å². The van der Waals surface area contributed by atoms with Crippen LogP contribution in [0.25, 0.3) is 16.8 Å². The lowest BCUT2D eigenvalue weighted by atomic mass is 10.0. The van der Waals surface area contributed by atoms with Gasteiger partial charge in [0.2, 0.25) is 0 Å². The van der Waals surface area contributed by atoms with Crippen LogP contribution >= 0.6 is 0 Å². The Morgan fingerprint density at radius 2 is 1.71 bits per heavy atom. The van der Waals surface area contributed by atoms with E-state index in [1.807, 2.05) is 26.0 Å². The zero-order valence-electron chi connectivity index (χ0n) is 10.2. The minimum absolute atomic E-state index is 0.592. The van der Waals surface area contributed by atoms with E-state index in [1.54, 1.807) is 0 Å². The SMILES string of the molecule is C=C(N)c1cccc(-c2cc(C)nc(C)c2)c1. The molecule has 0 atom stereocenters. The summed E-state index contributed by atoms with van der Waals surface area (Å²) in [5.41, 5.74) is 11.6. The largest absolute Gasteiger partial charge is 0.399 e. The highest BCUT2D eigenvalue weighted by atomic mass is 14.7. The van der Waals surface area contributed by atoms with Gasteiger partial charge in [-0.25, -0.2) is 0 Å². The molecule has 0 aliphatic rings. The number of hydrogen-bond acceptors (Lipinski definition) is 2. The van der Waals surface area contributed by atoms with E-state index in [0.717, 1.165) is 28.1 Å². The number of pyridine rings is 1. The van der Waals surface area contributed by atoms with Crippen LogP contribution in [0.1, 0.15) is 17.0 Å². The van der Waals surface area contributed by atoms with E-state index < -0.39 is 0 Å². The lowest BCUT2D eigenvalue weighted by molar-refractivity contribution is 1.12. The summed E-state index contributed by atoms with van der Waals surface area (Å²) in [5.74, 6) is 0. The van der Waals surface area contributed by atoms with E-state index in [0.29, 0.717) is 5.70 Å². The molecule has 0 amide bonds. The molecule has 0 saturated carbocycles. The Hall–Kier alpha value is -2.09. The Bertz CT molecular complexity index is 551. The normalized spacial score (nSPS) is 10.2. The number of rotatable bonds is 2. The topological polar surface area (TPSA) is 38.9 Å². The summed E-state index contributed by atoms with van der Waals surface area (Å²) in [5, 5.41) is 0. The monoisotopic (exact) mass is 224 g/mol. The van der Waals surface area contributed by atoms with Crippen LogP contribution in [0.4, 0.5) is 0 Å². The fourth-order valence-corrected chi connectivity index (χ4v) is 1.90. The number of nitrogens with zero attached hydrogens (tertiary/aromatic N) is 1. The van der Waals surface area contributed by atoms with E-state index in [4.69, 9.17) is 5.73 Å². The lowest BCUT2D eigenvalue weighted by Gasteiger charge is -2.07. The molecule has 2 aromatic rings. The third-order valence-corrected chi connectivity index (χ3v) is 2.65. The highest BCUT2D eigenvalue weighted by molar-refractivity contribution is 5.70. The third kappa shape index (κ3) is 2.53. The van der Waals surface area contributed by atoms with Gasteiger partial charge in [0.25, 0.3) is 0 Å².